The zero-order valence-electron chi connectivity index (χ0n) is 21.9. The Bertz CT molecular complexity index is 1760. The van der Waals surface area contributed by atoms with Gasteiger partial charge in [0.15, 0.2) is 5.78 Å². The first-order chi connectivity index (χ1) is 19.7. The van der Waals surface area contributed by atoms with Crippen LogP contribution >= 0.6 is 0 Å². The van der Waals surface area contributed by atoms with E-state index in [9.17, 15) is 4.79 Å². The lowest BCUT2D eigenvalue weighted by Gasteiger charge is -2.28. The van der Waals surface area contributed by atoms with Crippen LogP contribution in [0.5, 0.6) is 0 Å². The van der Waals surface area contributed by atoms with Crippen LogP contribution in [0.4, 0.5) is 17.1 Å². The molecule has 6 aromatic carbocycles. The molecule has 0 atom stereocenters. The lowest BCUT2D eigenvalue weighted by Crippen LogP contribution is -2.17. The summed E-state index contributed by atoms with van der Waals surface area (Å²) in [4.78, 5) is 15.7. The number of hydrogen-bond acceptors (Lipinski definition) is 2. The minimum Gasteiger partial charge on any atom is -0.310 e. The molecule has 0 aliphatic heterocycles. The number of hydrogen-bond donors (Lipinski definition) is 0. The number of anilines is 3. The second-order valence-corrected chi connectivity index (χ2v) is 9.60. The van der Waals surface area contributed by atoms with Gasteiger partial charge in [-0.15, -0.1) is 0 Å². The molecule has 0 N–H and O–H groups in total. The highest BCUT2D eigenvalue weighted by molar-refractivity contribution is 6.37. The first-order valence-electron chi connectivity index (χ1n) is 13.3. The molecule has 3 heteroatoms. The van der Waals surface area contributed by atoms with Gasteiger partial charge < -0.3 is 4.90 Å². The van der Waals surface area contributed by atoms with Gasteiger partial charge in [0.1, 0.15) is 7.85 Å². The van der Waals surface area contributed by atoms with Gasteiger partial charge in [-0.2, -0.15) is 0 Å². The minimum absolute atomic E-state index is 0.101. The highest BCUT2D eigenvalue weighted by Crippen LogP contribution is 2.41. The summed E-state index contributed by atoms with van der Waals surface area (Å²) in [6.07, 6.45) is 0. The summed E-state index contributed by atoms with van der Waals surface area (Å²) in [6, 6.07) is 52.6. The van der Waals surface area contributed by atoms with E-state index in [0.29, 0.717) is 16.6 Å². The Morgan fingerprint density at radius 1 is 0.500 bits per heavy atom. The van der Waals surface area contributed by atoms with Crippen LogP contribution in [0.3, 0.4) is 0 Å². The molecule has 0 aliphatic rings. The minimum atomic E-state index is -0.101. The molecule has 0 unspecified atom stereocenters. The van der Waals surface area contributed by atoms with Crippen molar-refractivity contribution in [3.05, 3.63) is 169 Å². The van der Waals surface area contributed by atoms with Crippen LogP contribution < -0.4 is 10.4 Å². The average Bonchev–Trinajstić information content (AvgIpc) is 3.03. The standard InChI is InChI=1S/C37H26BNO/c38-35-20-9-7-19-34(35)37(40)30-16-11-17-32(26-30)39(31-24-22-28(23-25-31)27-12-3-1-4-13-27)36-21-10-8-18-33(36)29-14-5-2-6-15-29/h1-26H. The van der Waals surface area contributed by atoms with E-state index in [4.69, 9.17) is 7.85 Å². The summed E-state index contributed by atoms with van der Waals surface area (Å²) in [5.74, 6) is -0.101. The van der Waals surface area contributed by atoms with Crippen molar-refractivity contribution in [2.24, 2.45) is 0 Å². The molecule has 40 heavy (non-hydrogen) atoms. The van der Waals surface area contributed by atoms with Crippen LogP contribution in [0.1, 0.15) is 15.9 Å². The van der Waals surface area contributed by atoms with Crippen LogP contribution in [0.2, 0.25) is 0 Å². The van der Waals surface area contributed by atoms with Gasteiger partial charge in [-0.1, -0.05) is 133 Å². The van der Waals surface area contributed by atoms with Gasteiger partial charge in [0.2, 0.25) is 0 Å². The molecule has 0 saturated heterocycles. The maximum absolute atomic E-state index is 13.5. The van der Waals surface area contributed by atoms with Crippen molar-refractivity contribution in [3.8, 4) is 22.3 Å². The third-order valence-corrected chi connectivity index (χ3v) is 7.03. The van der Waals surface area contributed by atoms with Crippen molar-refractivity contribution in [1.29, 1.82) is 0 Å². The molecule has 2 nitrogen and oxygen atoms in total. The molecule has 0 aromatic heterocycles. The van der Waals surface area contributed by atoms with Crippen LogP contribution in [-0.2, 0) is 0 Å². The van der Waals surface area contributed by atoms with Gasteiger partial charge in [-0.25, -0.2) is 0 Å². The molecule has 0 spiro atoms. The van der Waals surface area contributed by atoms with Crippen molar-refractivity contribution in [3.63, 3.8) is 0 Å². The lowest BCUT2D eigenvalue weighted by atomic mass is 9.87. The topological polar surface area (TPSA) is 20.3 Å². The van der Waals surface area contributed by atoms with Crippen molar-refractivity contribution in [1.82, 2.24) is 0 Å². The fraction of sp³-hybridized carbons (Fsp3) is 0. The van der Waals surface area contributed by atoms with E-state index in [2.05, 4.69) is 83.8 Å². The molecule has 0 aliphatic carbocycles. The Morgan fingerprint density at radius 2 is 1.10 bits per heavy atom. The van der Waals surface area contributed by atoms with Gasteiger partial charge >= 0.3 is 0 Å². The number of ketones is 1. The molecule has 0 heterocycles. The number of benzene rings is 6. The second-order valence-electron chi connectivity index (χ2n) is 9.60. The summed E-state index contributed by atoms with van der Waals surface area (Å²) in [5.41, 5.74) is 8.98. The van der Waals surface area contributed by atoms with E-state index in [1.165, 1.54) is 5.56 Å². The zero-order valence-corrected chi connectivity index (χ0v) is 21.9. The summed E-state index contributed by atoms with van der Waals surface area (Å²) < 4.78 is 0. The SMILES string of the molecule is [B]c1ccccc1C(=O)c1cccc(N(c2ccc(-c3ccccc3)cc2)c2ccccc2-c2ccccc2)c1. The average molecular weight is 511 g/mol. The fourth-order valence-corrected chi connectivity index (χ4v) is 5.04. The molecule has 2 radical (unpaired) electrons. The Kier molecular flexibility index (Phi) is 7.11. The van der Waals surface area contributed by atoms with E-state index in [-0.39, 0.29) is 5.78 Å². The highest BCUT2D eigenvalue weighted by atomic mass is 16.1. The third kappa shape index (κ3) is 5.10. The smallest absolute Gasteiger partial charge is 0.192 e. The van der Waals surface area contributed by atoms with E-state index in [1.54, 1.807) is 12.1 Å². The second kappa shape index (κ2) is 11.3. The first-order valence-corrected chi connectivity index (χ1v) is 13.3. The summed E-state index contributed by atoms with van der Waals surface area (Å²) in [7, 11) is 6.15. The lowest BCUT2D eigenvalue weighted by molar-refractivity contribution is 0.104. The van der Waals surface area contributed by atoms with Crippen LogP contribution in [-0.4, -0.2) is 13.6 Å². The molecule has 0 bridgehead atoms. The molecule has 6 rings (SSSR count). The van der Waals surface area contributed by atoms with Crippen LogP contribution in [0, 0.1) is 0 Å². The van der Waals surface area contributed by atoms with Gasteiger partial charge in [-0.05, 0) is 47.0 Å². The maximum Gasteiger partial charge on any atom is 0.192 e. The number of para-hydroxylation sites is 1. The Balaban J connectivity index is 1.49. The maximum atomic E-state index is 13.5. The Labute approximate surface area is 236 Å². The largest absolute Gasteiger partial charge is 0.310 e. The van der Waals surface area contributed by atoms with Gasteiger partial charge in [0.25, 0.3) is 0 Å². The van der Waals surface area contributed by atoms with E-state index >= 15 is 0 Å². The van der Waals surface area contributed by atoms with Crippen molar-refractivity contribution < 1.29 is 4.79 Å². The highest BCUT2D eigenvalue weighted by Gasteiger charge is 2.19. The Morgan fingerprint density at radius 3 is 1.82 bits per heavy atom. The first kappa shape index (κ1) is 25.2. The normalized spacial score (nSPS) is 10.7. The summed E-state index contributed by atoms with van der Waals surface area (Å²) in [6.45, 7) is 0. The van der Waals surface area contributed by atoms with E-state index in [1.807, 2.05) is 66.7 Å². The quantitative estimate of drug-likeness (QED) is 0.158. The van der Waals surface area contributed by atoms with E-state index in [0.717, 1.165) is 33.8 Å². The summed E-state index contributed by atoms with van der Waals surface area (Å²) >= 11 is 0. The van der Waals surface area contributed by atoms with Gasteiger partial charge in [0, 0.05) is 28.1 Å². The molecular formula is C37H26BNO. The van der Waals surface area contributed by atoms with Gasteiger partial charge in [-0.3, -0.25) is 4.79 Å². The number of carbonyl (C=O) groups is 1. The van der Waals surface area contributed by atoms with Crippen molar-refractivity contribution in [2.75, 3.05) is 4.90 Å². The monoisotopic (exact) mass is 511 g/mol. The Hall–Kier alpha value is -5.15. The molecular weight excluding hydrogens is 485 g/mol. The molecule has 0 saturated carbocycles. The summed E-state index contributed by atoms with van der Waals surface area (Å²) in [5, 5.41) is 0. The fourth-order valence-electron chi connectivity index (χ4n) is 5.04. The van der Waals surface area contributed by atoms with E-state index < -0.39 is 0 Å². The number of carbonyl (C=O) groups excluding carboxylic acids is 1. The van der Waals surface area contributed by atoms with Crippen molar-refractivity contribution in [2.45, 2.75) is 0 Å². The molecule has 6 aromatic rings. The van der Waals surface area contributed by atoms with Crippen molar-refractivity contribution >= 4 is 36.2 Å². The predicted molar refractivity (Wildman–Crippen MR) is 167 cm³/mol. The zero-order chi connectivity index (χ0) is 27.3. The van der Waals surface area contributed by atoms with Crippen LogP contribution in [0.25, 0.3) is 22.3 Å². The number of nitrogens with zero attached hydrogens (tertiary/aromatic N) is 1. The molecule has 0 fully saturated rings. The third-order valence-electron chi connectivity index (χ3n) is 7.03. The molecule has 0 amide bonds. The predicted octanol–water partition coefficient (Wildman–Crippen LogP) is 8.52. The van der Waals surface area contributed by atoms with Crippen LogP contribution in [0.15, 0.2) is 158 Å². The number of rotatable bonds is 7. The van der Waals surface area contributed by atoms with Gasteiger partial charge in [0.05, 0.1) is 5.69 Å². The molecule has 188 valence electrons.